The molecule has 0 saturated carbocycles. The fourth-order valence-corrected chi connectivity index (χ4v) is 1.58. The smallest absolute Gasteiger partial charge is 0.0930 e. The van der Waals surface area contributed by atoms with Gasteiger partial charge in [-0.1, -0.05) is 18.2 Å². The molecule has 0 aliphatic heterocycles. The number of hydrogen-bond donors (Lipinski definition) is 1. The molecule has 0 aliphatic rings. The zero-order chi connectivity index (χ0) is 9.14. The maximum atomic E-state index is 9.56. The molecule has 0 spiro atoms. The van der Waals surface area contributed by atoms with Crippen molar-refractivity contribution in [3.8, 4) is 0 Å². The van der Waals surface area contributed by atoms with Gasteiger partial charge in [0.2, 0.25) is 0 Å². The Morgan fingerprint density at radius 1 is 1.33 bits per heavy atom. The van der Waals surface area contributed by atoms with Crippen LogP contribution < -0.4 is 0 Å². The van der Waals surface area contributed by atoms with Gasteiger partial charge in [0, 0.05) is 0 Å². The summed E-state index contributed by atoms with van der Waals surface area (Å²) in [5.41, 5.74) is 3.17. The van der Waals surface area contributed by atoms with Crippen molar-refractivity contribution in [1.82, 2.24) is 0 Å². The molecule has 0 aliphatic carbocycles. The fourth-order valence-electron chi connectivity index (χ4n) is 1.43. The summed E-state index contributed by atoms with van der Waals surface area (Å²) in [6.07, 6.45) is -0.534. The number of alkyl halides is 1. The van der Waals surface area contributed by atoms with E-state index in [2.05, 4.69) is 0 Å². The Morgan fingerprint density at radius 2 is 1.83 bits per heavy atom. The molecule has 1 rings (SSSR count). The number of aliphatic hydroxyl groups excluding tert-OH is 1. The highest BCUT2D eigenvalue weighted by molar-refractivity contribution is 6.18. The molecule has 0 radical (unpaired) electrons. The highest BCUT2D eigenvalue weighted by atomic mass is 35.5. The summed E-state index contributed by atoms with van der Waals surface area (Å²) >= 11 is 5.58. The lowest BCUT2D eigenvalue weighted by Crippen LogP contribution is -2.03. The normalized spacial score (nSPS) is 13.0. The first-order chi connectivity index (χ1) is 5.66. The minimum atomic E-state index is -0.534. The van der Waals surface area contributed by atoms with E-state index >= 15 is 0 Å². The monoisotopic (exact) mass is 184 g/mol. The van der Waals surface area contributed by atoms with Crippen LogP contribution in [0.5, 0.6) is 0 Å². The van der Waals surface area contributed by atoms with Gasteiger partial charge in [-0.2, -0.15) is 0 Å². The van der Waals surface area contributed by atoms with E-state index < -0.39 is 6.10 Å². The maximum Gasteiger partial charge on any atom is 0.0930 e. The molecule has 12 heavy (non-hydrogen) atoms. The Hall–Kier alpha value is -0.530. The summed E-state index contributed by atoms with van der Waals surface area (Å²) < 4.78 is 0. The van der Waals surface area contributed by atoms with Crippen molar-refractivity contribution in [3.05, 3.63) is 34.9 Å². The third kappa shape index (κ3) is 1.79. The van der Waals surface area contributed by atoms with Crippen LogP contribution in [0.3, 0.4) is 0 Å². The predicted octanol–water partition coefficient (Wildman–Crippen LogP) is 2.58. The van der Waals surface area contributed by atoms with Crippen molar-refractivity contribution in [1.29, 1.82) is 0 Å². The molecule has 0 bridgehead atoms. The zero-order valence-electron chi connectivity index (χ0n) is 7.34. The van der Waals surface area contributed by atoms with Crippen LogP contribution in [0.2, 0.25) is 0 Å². The maximum absolute atomic E-state index is 9.56. The van der Waals surface area contributed by atoms with E-state index in [-0.39, 0.29) is 5.88 Å². The van der Waals surface area contributed by atoms with Crippen molar-refractivity contribution < 1.29 is 5.11 Å². The van der Waals surface area contributed by atoms with E-state index in [1.165, 1.54) is 0 Å². The van der Waals surface area contributed by atoms with E-state index in [1.54, 1.807) is 0 Å². The van der Waals surface area contributed by atoms with Crippen molar-refractivity contribution in [2.45, 2.75) is 20.0 Å². The summed E-state index contributed by atoms with van der Waals surface area (Å²) in [5, 5.41) is 9.56. The van der Waals surface area contributed by atoms with Crippen LogP contribution in [0.4, 0.5) is 0 Å². The topological polar surface area (TPSA) is 20.2 Å². The van der Waals surface area contributed by atoms with Gasteiger partial charge in [-0.05, 0) is 30.5 Å². The van der Waals surface area contributed by atoms with Crippen LogP contribution in [-0.2, 0) is 0 Å². The van der Waals surface area contributed by atoms with Gasteiger partial charge in [0.1, 0.15) is 0 Å². The van der Waals surface area contributed by atoms with Gasteiger partial charge in [0.05, 0.1) is 12.0 Å². The second-order valence-corrected chi connectivity index (χ2v) is 3.28. The van der Waals surface area contributed by atoms with Gasteiger partial charge < -0.3 is 5.11 Å². The molecular formula is C10H13ClO. The van der Waals surface area contributed by atoms with Gasteiger partial charge in [0.25, 0.3) is 0 Å². The van der Waals surface area contributed by atoms with Crippen LogP contribution in [0.15, 0.2) is 18.2 Å². The lowest BCUT2D eigenvalue weighted by molar-refractivity contribution is 0.201. The molecule has 2 heteroatoms. The second-order valence-electron chi connectivity index (χ2n) is 2.98. The quantitative estimate of drug-likeness (QED) is 0.701. The number of hydrogen-bond acceptors (Lipinski definition) is 1. The molecule has 0 aromatic heterocycles. The third-order valence-electron chi connectivity index (χ3n) is 2.02. The van der Waals surface area contributed by atoms with Crippen molar-refractivity contribution in [2.24, 2.45) is 0 Å². The van der Waals surface area contributed by atoms with Crippen LogP contribution in [-0.4, -0.2) is 11.0 Å². The summed E-state index contributed by atoms with van der Waals surface area (Å²) in [5.74, 6) is 0.256. The van der Waals surface area contributed by atoms with Crippen molar-refractivity contribution in [2.75, 3.05) is 5.88 Å². The molecule has 0 amide bonds. The first kappa shape index (κ1) is 9.56. The highest BCUT2D eigenvalue weighted by Crippen LogP contribution is 2.22. The van der Waals surface area contributed by atoms with Gasteiger partial charge in [-0.25, -0.2) is 0 Å². The Bertz CT molecular complexity index is 250. The Labute approximate surface area is 78.0 Å². The van der Waals surface area contributed by atoms with Crippen molar-refractivity contribution >= 4 is 11.6 Å². The molecule has 1 N–H and O–H groups in total. The number of halogens is 1. The van der Waals surface area contributed by atoms with Crippen molar-refractivity contribution in [3.63, 3.8) is 0 Å². The summed E-state index contributed by atoms with van der Waals surface area (Å²) in [6, 6.07) is 5.95. The summed E-state index contributed by atoms with van der Waals surface area (Å²) in [7, 11) is 0. The molecule has 0 unspecified atom stereocenters. The number of rotatable bonds is 2. The number of benzene rings is 1. The highest BCUT2D eigenvalue weighted by Gasteiger charge is 2.10. The Balaban J connectivity index is 3.12. The van der Waals surface area contributed by atoms with E-state index in [4.69, 9.17) is 11.6 Å². The van der Waals surface area contributed by atoms with Gasteiger partial charge in [0.15, 0.2) is 0 Å². The van der Waals surface area contributed by atoms with Gasteiger partial charge >= 0.3 is 0 Å². The largest absolute Gasteiger partial charge is 0.387 e. The summed E-state index contributed by atoms with van der Waals surface area (Å²) in [6.45, 7) is 3.97. The third-order valence-corrected chi connectivity index (χ3v) is 2.31. The number of aliphatic hydroxyl groups is 1. The molecule has 1 nitrogen and oxygen atoms in total. The average molecular weight is 185 g/mol. The minimum absolute atomic E-state index is 0.256. The molecule has 0 fully saturated rings. The second kappa shape index (κ2) is 3.92. The van der Waals surface area contributed by atoms with Crippen LogP contribution >= 0.6 is 11.6 Å². The molecule has 1 aromatic carbocycles. The zero-order valence-corrected chi connectivity index (χ0v) is 8.10. The van der Waals surface area contributed by atoms with E-state index in [0.717, 1.165) is 16.7 Å². The molecular weight excluding hydrogens is 172 g/mol. The van der Waals surface area contributed by atoms with Crippen LogP contribution in [0, 0.1) is 13.8 Å². The van der Waals surface area contributed by atoms with Gasteiger partial charge in [-0.15, -0.1) is 11.6 Å². The molecule has 1 atom stereocenters. The SMILES string of the molecule is Cc1cccc(C)c1[C@H](O)CCl. The average Bonchev–Trinajstić information content (AvgIpc) is 2.03. The number of aryl methyl sites for hydroxylation is 2. The van der Waals surface area contributed by atoms with E-state index in [1.807, 2.05) is 32.0 Å². The predicted molar refractivity (Wildman–Crippen MR) is 51.6 cm³/mol. The minimum Gasteiger partial charge on any atom is -0.387 e. The summed E-state index contributed by atoms with van der Waals surface area (Å²) in [4.78, 5) is 0. The molecule has 66 valence electrons. The first-order valence-electron chi connectivity index (χ1n) is 3.97. The van der Waals surface area contributed by atoms with E-state index in [9.17, 15) is 5.11 Å². The van der Waals surface area contributed by atoms with Crippen LogP contribution in [0.25, 0.3) is 0 Å². The standard InChI is InChI=1S/C10H13ClO/c1-7-4-3-5-8(2)10(7)9(12)6-11/h3-5,9,12H,6H2,1-2H3/t9-/m1/s1. The molecule has 0 heterocycles. The Morgan fingerprint density at radius 3 is 2.25 bits per heavy atom. The lowest BCUT2D eigenvalue weighted by atomic mass is 9.99. The molecule has 1 aromatic rings. The fraction of sp³-hybridized carbons (Fsp3) is 0.400. The van der Waals surface area contributed by atoms with Crippen LogP contribution in [0.1, 0.15) is 22.8 Å². The lowest BCUT2D eigenvalue weighted by Gasteiger charge is -2.13. The van der Waals surface area contributed by atoms with E-state index in [0.29, 0.717) is 0 Å². The Kier molecular flexibility index (Phi) is 3.12. The first-order valence-corrected chi connectivity index (χ1v) is 4.50. The molecule has 0 saturated heterocycles. The van der Waals surface area contributed by atoms with Gasteiger partial charge in [-0.3, -0.25) is 0 Å².